The zero-order valence-corrected chi connectivity index (χ0v) is 19.5. The summed E-state index contributed by atoms with van der Waals surface area (Å²) in [6.45, 7) is 1.48. The fourth-order valence-electron chi connectivity index (χ4n) is 4.33. The van der Waals surface area contributed by atoms with Gasteiger partial charge in [0.2, 0.25) is 11.9 Å². The maximum Gasteiger partial charge on any atom is 0.229 e. The maximum absolute atomic E-state index is 11.9. The van der Waals surface area contributed by atoms with Crippen molar-refractivity contribution in [3.05, 3.63) is 83.0 Å². The van der Waals surface area contributed by atoms with Gasteiger partial charge < -0.3 is 19.9 Å². The Morgan fingerprint density at radius 1 is 1.18 bits per heavy atom. The lowest BCUT2D eigenvalue weighted by Crippen LogP contribution is -2.13. The van der Waals surface area contributed by atoms with Crippen molar-refractivity contribution >= 4 is 35.0 Å². The number of benzene rings is 2. The first-order valence-corrected chi connectivity index (χ1v) is 11.3. The zero-order valence-electron chi connectivity index (χ0n) is 18.7. The largest absolute Gasteiger partial charge is 0.494 e. The minimum atomic E-state index is -0.167. The van der Waals surface area contributed by atoms with Crippen LogP contribution in [0.3, 0.4) is 0 Å². The lowest BCUT2D eigenvalue weighted by Gasteiger charge is -2.16. The maximum atomic E-state index is 11.9. The van der Waals surface area contributed by atoms with Crippen LogP contribution in [0.4, 0.5) is 17.5 Å². The Bertz CT molecular complexity index is 1360. The molecule has 9 heteroatoms. The molecule has 4 aromatic rings. The summed E-state index contributed by atoms with van der Waals surface area (Å²) < 4.78 is 7.37. The van der Waals surface area contributed by atoms with Crippen LogP contribution in [0.25, 0.3) is 5.69 Å². The molecule has 0 saturated heterocycles. The van der Waals surface area contributed by atoms with Crippen molar-refractivity contribution in [3.8, 4) is 11.4 Å². The quantitative estimate of drug-likeness (QED) is 0.403. The second kappa shape index (κ2) is 9.15. The number of methoxy groups -OCH3 is 1. The van der Waals surface area contributed by atoms with Gasteiger partial charge in [-0.3, -0.25) is 4.79 Å². The highest BCUT2D eigenvalue weighted by molar-refractivity contribution is 6.29. The van der Waals surface area contributed by atoms with E-state index >= 15 is 0 Å². The molecule has 8 nitrogen and oxygen atoms in total. The summed E-state index contributed by atoms with van der Waals surface area (Å²) in [7, 11) is 1.60. The second-order valence-electron chi connectivity index (χ2n) is 8.06. The van der Waals surface area contributed by atoms with Crippen LogP contribution in [0.1, 0.15) is 36.1 Å². The van der Waals surface area contributed by atoms with E-state index in [1.54, 1.807) is 24.2 Å². The van der Waals surface area contributed by atoms with Gasteiger partial charge in [0.1, 0.15) is 23.0 Å². The third-order valence-corrected chi connectivity index (χ3v) is 6.01. The smallest absolute Gasteiger partial charge is 0.229 e. The number of aromatic nitrogens is 4. The van der Waals surface area contributed by atoms with Crippen LogP contribution in [0, 0.1) is 0 Å². The summed E-state index contributed by atoms with van der Waals surface area (Å²) in [6, 6.07) is 15.9. The molecule has 2 aromatic heterocycles. The number of carbonyl (C=O) groups is 1. The Kier molecular flexibility index (Phi) is 5.90. The molecular weight excluding hydrogens is 452 g/mol. The average Bonchev–Trinajstić information content (AvgIpc) is 3.45. The van der Waals surface area contributed by atoms with Gasteiger partial charge in [0.15, 0.2) is 0 Å². The lowest BCUT2D eigenvalue weighted by atomic mass is 9.97. The van der Waals surface area contributed by atoms with Gasteiger partial charge in [-0.15, -0.1) is 0 Å². The molecule has 2 heterocycles. The molecule has 1 amide bonds. The number of amides is 1. The summed E-state index contributed by atoms with van der Waals surface area (Å²) >= 11 is 5.97. The van der Waals surface area contributed by atoms with Crippen molar-refractivity contribution in [1.29, 1.82) is 0 Å². The number of hydrogen-bond donors (Lipinski definition) is 2. The lowest BCUT2D eigenvalue weighted by molar-refractivity contribution is -0.114. The SMILES string of the molecule is COc1cc(Nc2nc(NC(C)=O)c3c(n2)C(c2ccccc2)CC3)ccc1-n1cnc(Cl)c1. The molecule has 0 bridgehead atoms. The van der Waals surface area contributed by atoms with Gasteiger partial charge >= 0.3 is 0 Å². The highest BCUT2D eigenvalue weighted by Gasteiger charge is 2.30. The number of imidazole rings is 1. The molecule has 1 atom stereocenters. The van der Waals surface area contributed by atoms with Crippen molar-refractivity contribution in [3.63, 3.8) is 0 Å². The van der Waals surface area contributed by atoms with Crippen molar-refractivity contribution in [1.82, 2.24) is 19.5 Å². The number of anilines is 3. The van der Waals surface area contributed by atoms with E-state index in [4.69, 9.17) is 21.3 Å². The summed E-state index contributed by atoms with van der Waals surface area (Å²) in [5.74, 6) is 1.57. The number of nitrogens with one attached hydrogen (secondary N) is 2. The van der Waals surface area contributed by atoms with E-state index in [9.17, 15) is 4.79 Å². The molecule has 5 rings (SSSR count). The van der Waals surface area contributed by atoms with Crippen molar-refractivity contribution in [2.45, 2.75) is 25.7 Å². The van der Waals surface area contributed by atoms with E-state index in [-0.39, 0.29) is 11.8 Å². The molecule has 0 saturated carbocycles. The summed E-state index contributed by atoms with van der Waals surface area (Å²) in [5.41, 5.74) is 4.66. The normalized spacial score (nSPS) is 14.5. The van der Waals surface area contributed by atoms with E-state index in [1.807, 2.05) is 36.4 Å². The zero-order chi connectivity index (χ0) is 23.7. The van der Waals surface area contributed by atoms with Crippen LogP contribution in [-0.2, 0) is 11.2 Å². The highest BCUT2D eigenvalue weighted by Crippen LogP contribution is 2.40. The Labute approximate surface area is 202 Å². The monoisotopic (exact) mass is 474 g/mol. The first-order valence-electron chi connectivity index (χ1n) is 10.9. The fourth-order valence-corrected chi connectivity index (χ4v) is 4.47. The minimum absolute atomic E-state index is 0.148. The van der Waals surface area contributed by atoms with E-state index in [0.29, 0.717) is 22.7 Å². The molecule has 1 aliphatic rings. The fraction of sp³-hybridized carbons (Fsp3) is 0.200. The van der Waals surface area contributed by atoms with E-state index in [0.717, 1.165) is 35.5 Å². The van der Waals surface area contributed by atoms with E-state index < -0.39 is 0 Å². The third kappa shape index (κ3) is 4.32. The van der Waals surface area contributed by atoms with Crippen LogP contribution < -0.4 is 15.4 Å². The van der Waals surface area contributed by atoms with Gasteiger partial charge in [-0.1, -0.05) is 41.9 Å². The number of ether oxygens (including phenoxy) is 1. The van der Waals surface area contributed by atoms with Crippen LogP contribution in [0.2, 0.25) is 5.15 Å². The average molecular weight is 475 g/mol. The first-order chi connectivity index (χ1) is 16.5. The molecule has 0 spiro atoms. The number of hydrogen-bond acceptors (Lipinski definition) is 6. The predicted molar refractivity (Wildman–Crippen MR) is 131 cm³/mol. The number of rotatable bonds is 6. The molecule has 2 aromatic carbocycles. The molecule has 0 fully saturated rings. The molecule has 0 aliphatic heterocycles. The number of halogens is 1. The highest BCUT2D eigenvalue weighted by atomic mass is 35.5. The second-order valence-corrected chi connectivity index (χ2v) is 8.45. The molecule has 2 N–H and O–H groups in total. The Balaban J connectivity index is 1.51. The minimum Gasteiger partial charge on any atom is -0.494 e. The molecule has 1 unspecified atom stereocenters. The van der Waals surface area contributed by atoms with E-state index in [1.165, 1.54) is 12.5 Å². The molecule has 34 heavy (non-hydrogen) atoms. The molecular formula is C25H23ClN6O2. The molecule has 0 radical (unpaired) electrons. The number of nitrogens with zero attached hydrogens (tertiary/aromatic N) is 4. The van der Waals surface area contributed by atoms with Gasteiger partial charge in [0.25, 0.3) is 0 Å². The predicted octanol–water partition coefficient (Wildman–Crippen LogP) is 5.10. The summed E-state index contributed by atoms with van der Waals surface area (Å²) in [5, 5.41) is 6.55. The topological polar surface area (TPSA) is 94.0 Å². The van der Waals surface area contributed by atoms with Crippen molar-refractivity contribution < 1.29 is 9.53 Å². The number of carbonyl (C=O) groups excluding carboxylic acids is 1. The van der Waals surface area contributed by atoms with Crippen LogP contribution in [0.15, 0.2) is 61.1 Å². The third-order valence-electron chi connectivity index (χ3n) is 5.81. The van der Waals surface area contributed by atoms with Crippen LogP contribution in [0.5, 0.6) is 5.75 Å². The summed E-state index contributed by atoms with van der Waals surface area (Å²) in [6.07, 6.45) is 5.06. The van der Waals surface area contributed by atoms with Gasteiger partial charge in [0, 0.05) is 36.4 Å². The van der Waals surface area contributed by atoms with Gasteiger partial charge in [-0.05, 0) is 30.5 Å². The van der Waals surface area contributed by atoms with Crippen molar-refractivity contribution in [2.24, 2.45) is 0 Å². The first kappa shape index (κ1) is 21.9. The Morgan fingerprint density at radius 3 is 2.71 bits per heavy atom. The van der Waals surface area contributed by atoms with E-state index in [2.05, 4.69) is 32.7 Å². The van der Waals surface area contributed by atoms with Gasteiger partial charge in [0.05, 0.1) is 18.5 Å². The summed E-state index contributed by atoms with van der Waals surface area (Å²) in [4.78, 5) is 25.4. The van der Waals surface area contributed by atoms with Gasteiger partial charge in [-0.2, -0.15) is 4.98 Å². The Hall–Kier alpha value is -3.91. The van der Waals surface area contributed by atoms with Crippen LogP contribution >= 0.6 is 11.6 Å². The van der Waals surface area contributed by atoms with Crippen LogP contribution in [-0.4, -0.2) is 32.5 Å². The molecule has 172 valence electrons. The standard InChI is InChI=1S/C25H23ClN6O2/c1-15(33)28-24-19-10-9-18(16-6-4-3-5-7-16)23(19)30-25(31-24)29-17-8-11-20(21(12-17)34-2)32-13-22(26)27-14-32/h3-8,11-14,18H,9-10H2,1-2H3,(H2,28,29,30,31,33). The Morgan fingerprint density at radius 2 is 2.00 bits per heavy atom. The van der Waals surface area contributed by atoms with Gasteiger partial charge in [-0.25, -0.2) is 9.97 Å². The molecule has 1 aliphatic carbocycles. The van der Waals surface area contributed by atoms with Crippen molar-refractivity contribution in [2.75, 3.05) is 17.7 Å². The number of fused-ring (bicyclic) bond motifs is 1.